The predicted octanol–water partition coefficient (Wildman–Crippen LogP) is 1.28. The molecule has 1 aliphatic heterocycles. The number of hydrogen-bond donors (Lipinski definition) is 0. The summed E-state index contributed by atoms with van der Waals surface area (Å²) in [5.41, 5.74) is 1.84. The topological polar surface area (TPSA) is 69.0 Å². The zero-order valence-corrected chi connectivity index (χ0v) is 11.9. The molecule has 1 aromatic rings. The van der Waals surface area contributed by atoms with Gasteiger partial charge >= 0.3 is 0 Å². The molecule has 0 amide bonds. The number of carbonyl (C=O) groups is 1. The summed E-state index contributed by atoms with van der Waals surface area (Å²) >= 11 is 5.56. The van der Waals surface area contributed by atoms with Crippen LogP contribution in [0.1, 0.15) is 34.2 Å². The Morgan fingerprint density at radius 3 is 2.67 bits per heavy atom. The molecule has 1 saturated heterocycles. The molecule has 0 bridgehead atoms. The Bertz CT molecular complexity index is 592. The number of rotatable bonds is 3. The first-order valence-electron chi connectivity index (χ1n) is 5.71. The first kappa shape index (κ1) is 13.5. The number of aryl methyl sites for hydroxylation is 1. The van der Waals surface area contributed by atoms with Crippen molar-refractivity contribution in [2.45, 2.75) is 26.3 Å². The van der Waals surface area contributed by atoms with Crippen LogP contribution in [-0.4, -0.2) is 41.4 Å². The van der Waals surface area contributed by atoms with Crippen molar-refractivity contribution in [3.63, 3.8) is 0 Å². The van der Waals surface area contributed by atoms with Crippen LogP contribution in [-0.2, 0) is 9.84 Å². The summed E-state index contributed by atoms with van der Waals surface area (Å²) in [4.78, 5) is 11.7. The van der Waals surface area contributed by atoms with Crippen molar-refractivity contribution in [1.82, 2.24) is 9.78 Å². The van der Waals surface area contributed by atoms with Gasteiger partial charge in [0.2, 0.25) is 0 Å². The molecule has 0 radical (unpaired) electrons. The lowest BCUT2D eigenvalue weighted by Crippen LogP contribution is -2.14. The molecule has 100 valence electrons. The van der Waals surface area contributed by atoms with Crippen molar-refractivity contribution in [2.24, 2.45) is 0 Å². The maximum Gasteiger partial charge on any atom is 0.181 e. The molecule has 5 nitrogen and oxygen atoms in total. The summed E-state index contributed by atoms with van der Waals surface area (Å²) in [6.45, 7) is 3.53. The van der Waals surface area contributed by atoms with E-state index in [4.69, 9.17) is 11.6 Å². The number of carbonyl (C=O) groups excluding carboxylic acids is 1. The average molecular weight is 291 g/mol. The number of alkyl halides is 1. The number of sulfone groups is 1. The van der Waals surface area contributed by atoms with E-state index in [2.05, 4.69) is 5.10 Å². The monoisotopic (exact) mass is 290 g/mol. The first-order valence-corrected chi connectivity index (χ1v) is 8.06. The number of ketones is 1. The second kappa shape index (κ2) is 4.66. The van der Waals surface area contributed by atoms with Crippen molar-refractivity contribution in [3.05, 3.63) is 17.0 Å². The Labute approximate surface area is 111 Å². The third kappa shape index (κ3) is 2.31. The summed E-state index contributed by atoms with van der Waals surface area (Å²) in [6, 6.07) is -0.162. The zero-order valence-electron chi connectivity index (χ0n) is 10.3. The summed E-state index contributed by atoms with van der Waals surface area (Å²) in [7, 11) is -2.96. The summed E-state index contributed by atoms with van der Waals surface area (Å²) < 4.78 is 24.6. The van der Waals surface area contributed by atoms with Gasteiger partial charge in [0.1, 0.15) is 0 Å². The maximum atomic E-state index is 11.7. The SMILES string of the molecule is Cc1nn(C2CCS(=O)(=O)C2)c(C)c1C(=O)CCl. The first-order chi connectivity index (χ1) is 8.35. The molecular formula is C11H15ClN2O3S. The molecule has 0 aliphatic carbocycles. The highest BCUT2D eigenvalue weighted by molar-refractivity contribution is 7.91. The molecule has 2 rings (SSSR count). The highest BCUT2D eigenvalue weighted by Gasteiger charge is 2.32. The van der Waals surface area contributed by atoms with Gasteiger partial charge in [-0.25, -0.2) is 8.42 Å². The van der Waals surface area contributed by atoms with E-state index in [1.807, 2.05) is 0 Å². The lowest BCUT2D eigenvalue weighted by molar-refractivity contribution is 0.101. The molecule has 0 N–H and O–H groups in total. The van der Waals surface area contributed by atoms with E-state index >= 15 is 0 Å². The van der Waals surface area contributed by atoms with Crippen LogP contribution in [0.2, 0.25) is 0 Å². The minimum atomic E-state index is -2.96. The Balaban J connectivity index is 2.40. The van der Waals surface area contributed by atoms with Crippen molar-refractivity contribution in [2.75, 3.05) is 17.4 Å². The molecule has 1 fully saturated rings. The van der Waals surface area contributed by atoms with Crippen LogP contribution in [0.25, 0.3) is 0 Å². The van der Waals surface area contributed by atoms with Gasteiger partial charge in [-0.3, -0.25) is 9.48 Å². The fourth-order valence-electron chi connectivity index (χ4n) is 2.46. The van der Waals surface area contributed by atoms with Gasteiger partial charge in [-0.1, -0.05) is 0 Å². The Morgan fingerprint density at radius 1 is 1.50 bits per heavy atom. The second-order valence-corrected chi connectivity index (χ2v) is 7.10. The maximum absolute atomic E-state index is 11.7. The number of nitrogens with zero attached hydrogens (tertiary/aromatic N) is 2. The van der Waals surface area contributed by atoms with Gasteiger partial charge in [0.25, 0.3) is 0 Å². The zero-order chi connectivity index (χ0) is 13.5. The lowest BCUT2D eigenvalue weighted by atomic mass is 10.1. The Morgan fingerprint density at radius 2 is 2.17 bits per heavy atom. The fourth-order valence-corrected chi connectivity index (χ4v) is 4.28. The van der Waals surface area contributed by atoms with Crippen molar-refractivity contribution >= 4 is 27.2 Å². The fraction of sp³-hybridized carbons (Fsp3) is 0.636. The quantitative estimate of drug-likeness (QED) is 0.621. The molecule has 0 spiro atoms. The highest BCUT2D eigenvalue weighted by atomic mass is 35.5. The van der Waals surface area contributed by atoms with Crippen LogP contribution >= 0.6 is 11.6 Å². The van der Waals surface area contributed by atoms with E-state index in [0.29, 0.717) is 23.4 Å². The van der Waals surface area contributed by atoms with E-state index in [1.54, 1.807) is 18.5 Å². The van der Waals surface area contributed by atoms with Crippen LogP contribution in [0.3, 0.4) is 0 Å². The normalized spacial score (nSPS) is 22.3. The molecule has 0 aromatic carbocycles. The molecule has 1 atom stereocenters. The molecular weight excluding hydrogens is 276 g/mol. The standard InChI is InChI=1S/C11H15ClN2O3S/c1-7-11(10(15)5-12)8(2)14(13-7)9-3-4-18(16,17)6-9/h9H,3-6H2,1-2H3. The van der Waals surface area contributed by atoms with Gasteiger partial charge in [-0.15, -0.1) is 11.6 Å². The van der Waals surface area contributed by atoms with Gasteiger partial charge in [-0.05, 0) is 20.3 Å². The minimum Gasteiger partial charge on any atom is -0.293 e. The molecule has 7 heteroatoms. The van der Waals surface area contributed by atoms with E-state index in [0.717, 1.165) is 0 Å². The Hall–Kier alpha value is -0.880. The summed E-state index contributed by atoms with van der Waals surface area (Å²) in [5, 5.41) is 4.30. The average Bonchev–Trinajstić information content (AvgIpc) is 2.78. The third-order valence-electron chi connectivity index (χ3n) is 3.28. The van der Waals surface area contributed by atoms with E-state index in [9.17, 15) is 13.2 Å². The minimum absolute atomic E-state index is 0.0870. The van der Waals surface area contributed by atoms with Crippen LogP contribution in [0.15, 0.2) is 0 Å². The number of aromatic nitrogens is 2. The summed E-state index contributed by atoms with van der Waals surface area (Å²) in [6.07, 6.45) is 0.554. The molecule has 1 unspecified atom stereocenters. The smallest absolute Gasteiger partial charge is 0.181 e. The van der Waals surface area contributed by atoms with Crippen LogP contribution in [0.4, 0.5) is 0 Å². The summed E-state index contributed by atoms with van der Waals surface area (Å²) in [5.74, 6) is 0.0352. The van der Waals surface area contributed by atoms with E-state index in [-0.39, 0.29) is 29.2 Å². The molecule has 18 heavy (non-hydrogen) atoms. The van der Waals surface area contributed by atoms with Crippen LogP contribution in [0, 0.1) is 13.8 Å². The van der Waals surface area contributed by atoms with E-state index < -0.39 is 9.84 Å². The number of Topliss-reactive ketones (excluding diaryl/α,β-unsaturated/α-hetero) is 1. The molecule has 1 aromatic heterocycles. The van der Waals surface area contributed by atoms with E-state index in [1.165, 1.54) is 0 Å². The van der Waals surface area contributed by atoms with Crippen molar-refractivity contribution in [1.29, 1.82) is 0 Å². The van der Waals surface area contributed by atoms with Gasteiger partial charge in [0, 0.05) is 5.69 Å². The van der Waals surface area contributed by atoms with Gasteiger partial charge in [0.05, 0.1) is 34.7 Å². The Kier molecular flexibility index (Phi) is 3.51. The third-order valence-corrected chi connectivity index (χ3v) is 5.27. The second-order valence-electron chi connectivity index (χ2n) is 4.60. The molecule has 2 heterocycles. The highest BCUT2D eigenvalue weighted by Crippen LogP contribution is 2.27. The largest absolute Gasteiger partial charge is 0.293 e. The number of hydrogen-bond acceptors (Lipinski definition) is 4. The van der Waals surface area contributed by atoms with Gasteiger partial charge in [0.15, 0.2) is 15.6 Å². The van der Waals surface area contributed by atoms with Gasteiger partial charge < -0.3 is 0 Å². The lowest BCUT2D eigenvalue weighted by Gasteiger charge is -2.11. The molecule has 1 aliphatic rings. The van der Waals surface area contributed by atoms with Crippen molar-refractivity contribution in [3.8, 4) is 0 Å². The number of halogens is 1. The van der Waals surface area contributed by atoms with Crippen LogP contribution < -0.4 is 0 Å². The van der Waals surface area contributed by atoms with Crippen molar-refractivity contribution < 1.29 is 13.2 Å². The van der Waals surface area contributed by atoms with Gasteiger partial charge in [-0.2, -0.15) is 5.10 Å². The predicted molar refractivity (Wildman–Crippen MR) is 69.1 cm³/mol. The van der Waals surface area contributed by atoms with Crippen LogP contribution in [0.5, 0.6) is 0 Å². The molecule has 0 saturated carbocycles.